The third-order valence-electron chi connectivity index (χ3n) is 8.38. The molecule has 1 aliphatic heterocycles. The second-order valence-electron chi connectivity index (χ2n) is 10.9. The van der Waals surface area contributed by atoms with Gasteiger partial charge < -0.3 is 19.8 Å². The summed E-state index contributed by atoms with van der Waals surface area (Å²) in [6.07, 6.45) is 13.0. The van der Waals surface area contributed by atoms with Gasteiger partial charge in [-0.2, -0.15) is 11.8 Å². The van der Waals surface area contributed by atoms with Gasteiger partial charge in [0.2, 0.25) is 0 Å². The van der Waals surface area contributed by atoms with Crippen molar-refractivity contribution in [1.82, 2.24) is 9.88 Å². The molecule has 7 heteroatoms. The van der Waals surface area contributed by atoms with Gasteiger partial charge in [-0.3, -0.25) is 9.78 Å². The minimum atomic E-state index is -0.711. The number of fused-ring (bicyclic) bond motifs is 1. The summed E-state index contributed by atoms with van der Waals surface area (Å²) in [5.74, 6) is 2.10. The third kappa shape index (κ3) is 8.33. The summed E-state index contributed by atoms with van der Waals surface area (Å²) in [4.78, 5) is 18.3. The van der Waals surface area contributed by atoms with Crippen LogP contribution in [0.3, 0.4) is 0 Å². The van der Waals surface area contributed by atoms with Gasteiger partial charge in [0, 0.05) is 29.8 Å². The van der Waals surface area contributed by atoms with E-state index in [2.05, 4.69) is 21.6 Å². The molecule has 0 unspecified atom stereocenters. The van der Waals surface area contributed by atoms with Crippen LogP contribution in [-0.2, 0) is 4.79 Å². The second kappa shape index (κ2) is 14.4. The number of piperidine rings is 1. The fourth-order valence-corrected chi connectivity index (χ4v) is 7.53. The van der Waals surface area contributed by atoms with Crippen LogP contribution in [-0.4, -0.2) is 63.8 Å². The molecule has 3 atom stereocenters. The van der Waals surface area contributed by atoms with E-state index in [0.29, 0.717) is 18.3 Å². The number of carbonyl (C=O) groups is 1. The Hall–Kier alpha value is -1.83. The standard InChI is InChI=1S/C30H44N2O4S/c1-36-24-10-11-28-27(20-24)26(14-16-31-28)29(33)12-8-22-15-18-32(21-23(22)9-13-30(34)35)17-5-19-37-25-6-3-2-4-7-25/h10-11,14,16,20,22-23,25,29,33H,2-9,12-13,15,17-19,21H2,1H3,(H,34,35)/t22-,23-,29-/m1/s1. The number of hydrogen-bond donors (Lipinski definition) is 2. The first-order valence-electron chi connectivity index (χ1n) is 14.2. The predicted octanol–water partition coefficient (Wildman–Crippen LogP) is 6.32. The fourth-order valence-electron chi connectivity index (χ4n) is 6.24. The highest BCUT2D eigenvalue weighted by atomic mass is 32.2. The van der Waals surface area contributed by atoms with E-state index in [9.17, 15) is 15.0 Å². The molecule has 2 aromatic rings. The molecule has 0 radical (unpaired) electrons. The zero-order valence-corrected chi connectivity index (χ0v) is 23.1. The molecule has 2 heterocycles. The van der Waals surface area contributed by atoms with Crippen molar-refractivity contribution in [2.45, 2.75) is 82.0 Å². The quantitative estimate of drug-likeness (QED) is 0.295. The van der Waals surface area contributed by atoms with Crippen molar-refractivity contribution >= 4 is 28.6 Å². The molecule has 2 fully saturated rings. The largest absolute Gasteiger partial charge is 0.497 e. The zero-order chi connectivity index (χ0) is 26.0. The van der Waals surface area contributed by atoms with Gasteiger partial charge in [0.05, 0.1) is 18.7 Å². The number of aliphatic hydroxyl groups excluding tert-OH is 1. The number of aromatic nitrogens is 1. The van der Waals surface area contributed by atoms with E-state index >= 15 is 0 Å². The zero-order valence-electron chi connectivity index (χ0n) is 22.3. The van der Waals surface area contributed by atoms with E-state index in [1.54, 1.807) is 13.3 Å². The number of pyridine rings is 1. The number of likely N-dealkylation sites (tertiary alicyclic amines) is 1. The molecule has 0 amide bonds. The average molecular weight is 529 g/mol. The van der Waals surface area contributed by atoms with Crippen molar-refractivity contribution in [3.8, 4) is 5.75 Å². The number of rotatable bonds is 13. The summed E-state index contributed by atoms with van der Waals surface area (Å²) in [7, 11) is 1.65. The molecule has 37 heavy (non-hydrogen) atoms. The van der Waals surface area contributed by atoms with Gasteiger partial charge in [0.25, 0.3) is 0 Å². The lowest BCUT2D eigenvalue weighted by Gasteiger charge is -2.39. The lowest BCUT2D eigenvalue weighted by molar-refractivity contribution is -0.137. The SMILES string of the molecule is COc1ccc2nccc([C@H](O)CC[C@@H]3CCN(CCCSC4CCCCC4)C[C@H]3CCC(=O)O)c2c1. The first kappa shape index (κ1) is 28.2. The van der Waals surface area contributed by atoms with E-state index in [-0.39, 0.29) is 6.42 Å². The first-order valence-corrected chi connectivity index (χ1v) is 15.2. The molecule has 6 nitrogen and oxygen atoms in total. The smallest absolute Gasteiger partial charge is 0.303 e. The second-order valence-corrected chi connectivity index (χ2v) is 12.3. The Labute approximate surface area is 226 Å². The van der Waals surface area contributed by atoms with Gasteiger partial charge in [-0.25, -0.2) is 0 Å². The van der Waals surface area contributed by atoms with Crippen LogP contribution in [0.15, 0.2) is 30.5 Å². The molecule has 1 aromatic heterocycles. The van der Waals surface area contributed by atoms with Crippen molar-refractivity contribution in [3.05, 3.63) is 36.0 Å². The molecule has 2 N–H and O–H groups in total. The van der Waals surface area contributed by atoms with E-state index in [1.165, 1.54) is 44.3 Å². The lowest BCUT2D eigenvalue weighted by atomic mass is 9.79. The summed E-state index contributed by atoms with van der Waals surface area (Å²) in [5.41, 5.74) is 1.74. The van der Waals surface area contributed by atoms with Gasteiger partial charge in [0.15, 0.2) is 0 Å². The van der Waals surface area contributed by atoms with Crippen LogP contribution in [0.25, 0.3) is 10.9 Å². The number of thioether (sulfide) groups is 1. The molecular formula is C30H44N2O4S. The number of aliphatic carboxylic acids is 1. The highest BCUT2D eigenvalue weighted by Gasteiger charge is 2.30. The van der Waals surface area contributed by atoms with Crippen LogP contribution < -0.4 is 4.74 Å². The highest BCUT2D eigenvalue weighted by molar-refractivity contribution is 7.99. The maximum atomic E-state index is 11.3. The van der Waals surface area contributed by atoms with Gasteiger partial charge in [-0.05, 0) is 105 Å². The molecule has 1 aliphatic carbocycles. The maximum absolute atomic E-state index is 11.3. The summed E-state index contributed by atoms with van der Waals surface area (Å²) < 4.78 is 5.38. The molecule has 4 rings (SSSR count). The summed E-state index contributed by atoms with van der Waals surface area (Å²) in [6.45, 7) is 3.18. The molecule has 2 aliphatic rings. The van der Waals surface area contributed by atoms with Gasteiger partial charge >= 0.3 is 5.97 Å². The van der Waals surface area contributed by atoms with E-state index < -0.39 is 12.1 Å². The van der Waals surface area contributed by atoms with Gasteiger partial charge in [-0.1, -0.05) is 19.3 Å². The van der Waals surface area contributed by atoms with Crippen molar-refractivity contribution in [1.29, 1.82) is 0 Å². The normalized spacial score (nSPS) is 22.2. The first-order chi connectivity index (χ1) is 18.0. The van der Waals surface area contributed by atoms with Crippen molar-refractivity contribution in [2.75, 3.05) is 32.5 Å². The Kier molecular flexibility index (Phi) is 10.9. The average Bonchev–Trinajstić information content (AvgIpc) is 2.93. The highest BCUT2D eigenvalue weighted by Crippen LogP contribution is 2.35. The van der Waals surface area contributed by atoms with Crippen LogP contribution in [0.4, 0.5) is 0 Å². The topological polar surface area (TPSA) is 82.9 Å². The van der Waals surface area contributed by atoms with Crippen LogP contribution in [0.5, 0.6) is 5.75 Å². The minimum absolute atomic E-state index is 0.226. The molecule has 204 valence electrons. The van der Waals surface area contributed by atoms with E-state index in [1.807, 2.05) is 24.3 Å². The van der Waals surface area contributed by atoms with E-state index in [4.69, 9.17) is 4.74 Å². The number of aliphatic hydroxyl groups is 1. The molecule has 0 bridgehead atoms. The lowest BCUT2D eigenvalue weighted by Crippen LogP contribution is -2.41. The Morgan fingerprint density at radius 2 is 2.00 bits per heavy atom. The monoisotopic (exact) mass is 528 g/mol. The third-order valence-corrected chi connectivity index (χ3v) is 9.85. The number of carboxylic acids is 1. The Morgan fingerprint density at radius 3 is 2.78 bits per heavy atom. The van der Waals surface area contributed by atoms with Crippen LogP contribution >= 0.6 is 11.8 Å². The Balaban J connectivity index is 1.30. The van der Waals surface area contributed by atoms with Crippen LogP contribution in [0.2, 0.25) is 0 Å². The van der Waals surface area contributed by atoms with E-state index in [0.717, 1.165) is 66.4 Å². The number of benzene rings is 1. The van der Waals surface area contributed by atoms with Crippen molar-refractivity contribution in [3.63, 3.8) is 0 Å². The van der Waals surface area contributed by atoms with Crippen LogP contribution in [0.1, 0.15) is 82.3 Å². The molecule has 0 spiro atoms. The summed E-state index contributed by atoms with van der Waals surface area (Å²) >= 11 is 2.17. The van der Waals surface area contributed by atoms with Crippen LogP contribution in [0, 0.1) is 11.8 Å². The van der Waals surface area contributed by atoms with Gasteiger partial charge in [-0.15, -0.1) is 0 Å². The summed E-state index contributed by atoms with van der Waals surface area (Å²) in [6, 6.07) is 7.67. The Morgan fingerprint density at radius 1 is 1.16 bits per heavy atom. The number of ether oxygens (including phenoxy) is 1. The minimum Gasteiger partial charge on any atom is -0.497 e. The molecule has 1 saturated carbocycles. The predicted molar refractivity (Wildman–Crippen MR) is 151 cm³/mol. The van der Waals surface area contributed by atoms with Gasteiger partial charge in [0.1, 0.15) is 5.75 Å². The van der Waals surface area contributed by atoms with Crippen molar-refractivity contribution < 1.29 is 19.7 Å². The van der Waals surface area contributed by atoms with Crippen molar-refractivity contribution in [2.24, 2.45) is 11.8 Å². The number of carboxylic acid groups (broad SMARTS) is 1. The maximum Gasteiger partial charge on any atom is 0.303 e. The number of nitrogens with zero attached hydrogens (tertiary/aromatic N) is 2. The Bertz CT molecular complexity index is 997. The molecule has 1 aromatic carbocycles. The number of hydrogen-bond acceptors (Lipinski definition) is 6. The molecule has 1 saturated heterocycles. The molecular weight excluding hydrogens is 484 g/mol. The number of methoxy groups -OCH3 is 1. The fraction of sp³-hybridized carbons (Fsp3) is 0.667. The summed E-state index contributed by atoms with van der Waals surface area (Å²) in [5, 5.41) is 22.3.